The number of anilines is 1. The number of carbonyl (C=O) groups is 1. The first-order chi connectivity index (χ1) is 9.34. The van der Waals surface area contributed by atoms with Crippen molar-refractivity contribution in [1.82, 2.24) is 14.5 Å². The number of hydrogen-bond donors (Lipinski definition) is 2. The van der Waals surface area contributed by atoms with Crippen LogP contribution in [0.5, 0.6) is 0 Å². The maximum absolute atomic E-state index is 12.3. The zero-order chi connectivity index (χ0) is 14.8. The number of hydrogen-bond acceptors (Lipinski definition) is 4. The van der Waals surface area contributed by atoms with Crippen molar-refractivity contribution < 1.29 is 23.1 Å². The molecule has 1 amide bonds. The first kappa shape index (κ1) is 14.1. The fourth-order valence-electron chi connectivity index (χ4n) is 1.25. The molecule has 2 rings (SSSR count). The summed E-state index contributed by atoms with van der Waals surface area (Å²) in [6.07, 6.45) is -1.46. The van der Waals surface area contributed by atoms with Crippen LogP contribution in [0.15, 0.2) is 17.9 Å². The third-order valence-corrected chi connectivity index (χ3v) is 2.83. The predicted molar refractivity (Wildman–Crippen MR) is 66.2 cm³/mol. The van der Waals surface area contributed by atoms with Crippen molar-refractivity contribution in [2.75, 3.05) is 5.32 Å². The van der Waals surface area contributed by atoms with Crippen LogP contribution in [-0.2, 0) is 6.30 Å². The van der Waals surface area contributed by atoms with E-state index in [4.69, 9.17) is 5.11 Å². The number of rotatable bonds is 3. The Labute approximate surface area is 114 Å². The molecule has 2 heterocycles. The SMILES string of the molecule is O=C(O)Nc1nc(C=Cc2cn(C(F)(F)F)cn2)cs1. The van der Waals surface area contributed by atoms with E-state index in [-0.39, 0.29) is 15.4 Å². The Morgan fingerprint density at radius 3 is 2.70 bits per heavy atom. The highest BCUT2D eigenvalue weighted by Crippen LogP contribution is 2.22. The highest BCUT2D eigenvalue weighted by molar-refractivity contribution is 7.14. The molecule has 0 bridgehead atoms. The second-order valence-corrected chi connectivity index (χ2v) is 4.37. The molecule has 2 N–H and O–H groups in total. The number of imidazole rings is 1. The van der Waals surface area contributed by atoms with Crippen molar-refractivity contribution in [1.29, 1.82) is 0 Å². The summed E-state index contributed by atoms with van der Waals surface area (Å²) in [6, 6.07) is 0. The van der Waals surface area contributed by atoms with Crippen LogP contribution in [0.3, 0.4) is 0 Å². The minimum absolute atomic E-state index is 0.0329. The van der Waals surface area contributed by atoms with E-state index in [2.05, 4.69) is 15.3 Å². The maximum atomic E-state index is 12.3. The largest absolute Gasteiger partial charge is 0.489 e. The van der Waals surface area contributed by atoms with Crippen molar-refractivity contribution in [2.24, 2.45) is 0 Å². The first-order valence-electron chi connectivity index (χ1n) is 5.09. The van der Waals surface area contributed by atoms with E-state index < -0.39 is 12.4 Å². The van der Waals surface area contributed by atoms with Crippen molar-refractivity contribution in [2.45, 2.75) is 6.30 Å². The van der Waals surface area contributed by atoms with E-state index in [1.807, 2.05) is 0 Å². The molecule has 0 unspecified atom stereocenters. The van der Waals surface area contributed by atoms with Crippen LogP contribution in [0.2, 0.25) is 0 Å². The fraction of sp³-hybridized carbons (Fsp3) is 0.100. The van der Waals surface area contributed by atoms with E-state index in [1.165, 1.54) is 12.2 Å². The van der Waals surface area contributed by atoms with Gasteiger partial charge in [-0.25, -0.2) is 19.3 Å². The van der Waals surface area contributed by atoms with E-state index in [0.29, 0.717) is 12.0 Å². The molecule has 10 heteroatoms. The van der Waals surface area contributed by atoms with Gasteiger partial charge in [-0.15, -0.1) is 24.5 Å². The van der Waals surface area contributed by atoms with E-state index in [9.17, 15) is 18.0 Å². The maximum Gasteiger partial charge on any atom is 0.489 e. The minimum atomic E-state index is -4.50. The molecule has 20 heavy (non-hydrogen) atoms. The van der Waals surface area contributed by atoms with Gasteiger partial charge >= 0.3 is 12.4 Å². The summed E-state index contributed by atoms with van der Waals surface area (Å²) in [5, 5.41) is 12.3. The van der Waals surface area contributed by atoms with Crippen molar-refractivity contribution in [3.05, 3.63) is 29.3 Å². The molecule has 0 aliphatic heterocycles. The molecule has 0 saturated heterocycles. The molecule has 0 aliphatic rings. The van der Waals surface area contributed by atoms with Crippen LogP contribution >= 0.6 is 11.3 Å². The summed E-state index contributed by atoms with van der Waals surface area (Å²) in [6.45, 7) is 0. The quantitative estimate of drug-likeness (QED) is 0.913. The molecule has 0 radical (unpaired) electrons. The molecule has 0 saturated carbocycles. The highest BCUT2D eigenvalue weighted by Gasteiger charge is 2.30. The molecule has 2 aromatic rings. The number of halogens is 3. The summed E-state index contributed by atoms with van der Waals surface area (Å²) in [7, 11) is 0. The van der Waals surface area contributed by atoms with Gasteiger partial charge in [-0.05, 0) is 12.2 Å². The van der Waals surface area contributed by atoms with Crippen molar-refractivity contribution >= 4 is 34.7 Å². The molecule has 6 nitrogen and oxygen atoms in total. The Kier molecular flexibility index (Phi) is 3.74. The molecule has 0 aliphatic carbocycles. The average molecular weight is 304 g/mol. The Balaban J connectivity index is 2.07. The van der Waals surface area contributed by atoms with Crippen LogP contribution in [0.1, 0.15) is 11.4 Å². The number of nitrogens with zero attached hydrogens (tertiary/aromatic N) is 3. The van der Waals surface area contributed by atoms with Crippen LogP contribution in [0, 0.1) is 0 Å². The lowest BCUT2D eigenvalue weighted by Gasteiger charge is -2.04. The predicted octanol–water partition coefficient (Wildman–Crippen LogP) is 3.08. The highest BCUT2D eigenvalue weighted by atomic mass is 32.1. The first-order valence-corrected chi connectivity index (χ1v) is 5.97. The molecular weight excluding hydrogens is 297 g/mol. The third kappa shape index (κ3) is 3.57. The number of thiazole rings is 1. The second kappa shape index (κ2) is 5.33. The summed E-state index contributed by atoms with van der Waals surface area (Å²) in [4.78, 5) is 17.9. The van der Waals surface area contributed by atoms with Gasteiger partial charge in [-0.2, -0.15) is 0 Å². The number of carboxylic acid groups (broad SMARTS) is 1. The molecule has 0 atom stereocenters. The molecule has 0 fully saturated rings. The lowest BCUT2D eigenvalue weighted by molar-refractivity contribution is -0.204. The van der Waals surface area contributed by atoms with Gasteiger partial charge in [0, 0.05) is 11.6 Å². The summed E-state index contributed by atoms with van der Waals surface area (Å²) < 4.78 is 37.0. The zero-order valence-electron chi connectivity index (χ0n) is 9.63. The van der Waals surface area contributed by atoms with Gasteiger partial charge in [0.15, 0.2) is 5.13 Å². The minimum Gasteiger partial charge on any atom is -0.465 e. The topological polar surface area (TPSA) is 80.0 Å². The second-order valence-electron chi connectivity index (χ2n) is 3.51. The van der Waals surface area contributed by atoms with E-state index >= 15 is 0 Å². The summed E-state index contributed by atoms with van der Waals surface area (Å²) >= 11 is 1.06. The Hall–Kier alpha value is -2.36. The Morgan fingerprint density at radius 1 is 1.40 bits per heavy atom. The Morgan fingerprint density at radius 2 is 2.10 bits per heavy atom. The standard InChI is InChI=1S/C10H7F3N4O2S/c11-10(12,13)17-3-6(14-5-17)1-2-7-4-20-8(15-7)16-9(18)19/h1-5H,(H,15,16)(H,18,19). The summed E-state index contributed by atoms with van der Waals surface area (Å²) in [5.74, 6) is 0. The third-order valence-electron chi connectivity index (χ3n) is 2.06. The number of amides is 1. The number of nitrogens with one attached hydrogen (secondary N) is 1. The van der Waals surface area contributed by atoms with Gasteiger partial charge < -0.3 is 5.11 Å². The van der Waals surface area contributed by atoms with Crippen LogP contribution in [0.4, 0.5) is 23.1 Å². The number of alkyl halides is 3. The van der Waals surface area contributed by atoms with Crippen molar-refractivity contribution in [3.63, 3.8) is 0 Å². The van der Waals surface area contributed by atoms with E-state index in [0.717, 1.165) is 17.5 Å². The Bertz CT molecular complexity index is 647. The summed E-state index contributed by atoms with van der Waals surface area (Å²) in [5.41, 5.74) is 0.531. The zero-order valence-corrected chi connectivity index (χ0v) is 10.4. The lowest BCUT2D eigenvalue weighted by atomic mass is 10.3. The average Bonchev–Trinajstić information content (AvgIpc) is 2.93. The van der Waals surface area contributed by atoms with Gasteiger partial charge in [0.2, 0.25) is 0 Å². The van der Waals surface area contributed by atoms with Gasteiger partial charge in [0.25, 0.3) is 0 Å². The van der Waals surface area contributed by atoms with Crippen LogP contribution in [-0.4, -0.2) is 25.7 Å². The fourth-order valence-corrected chi connectivity index (χ4v) is 1.91. The lowest BCUT2D eigenvalue weighted by Crippen LogP contribution is -2.13. The normalized spacial score (nSPS) is 11.9. The molecule has 0 aromatic carbocycles. The van der Waals surface area contributed by atoms with Gasteiger partial charge in [0.05, 0.1) is 11.4 Å². The molecular formula is C10H7F3N4O2S. The smallest absolute Gasteiger partial charge is 0.465 e. The van der Waals surface area contributed by atoms with Crippen LogP contribution < -0.4 is 5.32 Å². The van der Waals surface area contributed by atoms with Gasteiger partial charge in [-0.3, -0.25) is 5.32 Å². The number of aromatic nitrogens is 3. The van der Waals surface area contributed by atoms with Gasteiger partial charge in [0.1, 0.15) is 6.33 Å². The molecule has 106 valence electrons. The van der Waals surface area contributed by atoms with Gasteiger partial charge in [-0.1, -0.05) is 0 Å². The van der Waals surface area contributed by atoms with Crippen LogP contribution in [0.25, 0.3) is 12.2 Å². The van der Waals surface area contributed by atoms with E-state index in [1.54, 1.807) is 5.38 Å². The van der Waals surface area contributed by atoms with Crippen molar-refractivity contribution in [3.8, 4) is 0 Å². The monoisotopic (exact) mass is 304 g/mol. The molecule has 2 aromatic heterocycles. The molecule has 0 spiro atoms.